The third kappa shape index (κ3) is 6.63. The number of nitrogens with zero attached hydrogens (tertiary/aromatic N) is 1. The van der Waals surface area contributed by atoms with Gasteiger partial charge in [-0.1, -0.05) is 25.5 Å². The van der Waals surface area contributed by atoms with Crippen LogP contribution in [0, 0.1) is 0 Å². The Morgan fingerprint density at radius 3 is 2.55 bits per heavy atom. The van der Waals surface area contributed by atoms with Gasteiger partial charge in [0.25, 0.3) is 0 Å². The molecule has 0 saturated carbocycles. The molecule has 0 aliphatic carbocycles. The van der Waals surface area contributed by atoms with E-state index in [9.17, 15) is 9.59 Å². The standard InChI is InChI=1S/C22H34N2O5/c1-5-7-13-29-22(3,20(25)27-6-2)15-17-8-10-19(11-9-17)28-14-12-18-16-23-21(26)24(18)4/h8-11,18H,5-7,12-16H2,1-4H3,(H,23,26)/t18-,22+/m1/s1. The smallest absolute Gasteiger partial charge is 0.338 e. The molecule has 1 aromatic rings. The normalized spacial score (nSPS) is 18.3. The van der Waals surface area contributed by atoms with E-state index in [2.05, 4.69) is 12.2 Å². The molecule has 0 spiro atoms. The summed E-state index contributed by atoms with van der Waals surface area (Å²) in [6.45, 7) is 7.72. The third-order valence-electron chi connectivity index (χ3n) is 5.17. The zero-order chi connectivity index (χ0) is 21.3. The number of benzene rings is 1. The molecule has 1 heterocycles. The monoisotopic (exact) mass is 406 g/mol. The topological polar surface area (TPSA) is 77.1 Å². The van der Waals surface area contributed by atoms with Crippen LogP contribution in [0.3, 0.4) is 0 Å². The molecule has 2 amide bonds. The Hall–Kier alpha value is -2.28. The molecule has 0 aromatic heterocycles. The largest absolute Gasteiger partial charge is 0.494 e. The molecule has 162 valence electrons. The summed E-state index contributed by atoms with van der Waals surface area (Å²) in [6, 6.07) is 7.81. The van der Waals surface area contributed by atoms with E-state index >= 15 is 0 Å². The molecule has 1 aliphatic heterocycles. The lowest BCUT2D eigenvalue weighted by molar-refractivity contribution is -0.170. The van der Waals surface area contributed by atoms with E-state index in [0.717, 1.165) is 30.6 Å². The molecule has 1 aliphatic rings. The van der Waals surface area contributed by atoms with Gasteiger partial charge in [0.05, 0.1) is 19.3 Å². The van der Waals surface area contributed by atoms with Crippen molar-refractivity contribution in [3.05, 3.63) is 29.8 Å². The van der Waals surface area contributed by atoms with Crippen LogP contribution in [0.25, 0.3) is 0 Å². The summed E-state index contributed by atoms with van der Waals surface area (Å²) in [6.07, 6.45) is 3.12. The number of carbonyl (C=O) groups is 2. The van der Waals surface area contributed by atoms with Crippen LogP contribution in [0.1, 0.15) is 45.6 Å². The fourth-order valence-electron chi connectivity index (χ4n) is 3.24. The highest BCUT2D eigenvalue weighted by Gasteiger charge is 2.36. The first-order chi connectivity index (χ1) is 13.9. The molecule has 2 rings (SSSR count). The third-order valence-corrected chi connectivity index (χ3v) is 5.17. The van der Waals surface area contributed by atoms with Gasteiger partial charge in [-0.25, -0.2) is 9.59 Å². The minimum absolute atomic E-state index is 0.0369. The first kappa shape index (κ1) is 23.0. The Morgan fingerprint density at radius 1 is 1.24 bits per heavy atom. The molecule has 1 N–H and O–H groups in total. The minimum Gasteiger partial charge on any atom is -0.494 e. The van der Waals surface area contributed by atoms with E-state index in [4.69, 9.17) is 14.2 Å². The van der Waals surface area contributed by atoms with Gasteiger partial charge < -0.3 is 24.4 Å². The van der Waals surface area contributed by atoms with Gasteiger partial charge in [0.15, 0.2) is 5.60 Å². The molecule has 0 bridgehead atoms. The van der Waals surface area contributed by atoms with Gasteiger partial charge in [0.1, 0.15) is 5.75 Å². The minimum atomic E-state index is -1.000. The van der Waals surface area contributed by atoms with Crippen molar-refractivity contribution in [2.24, 2.45) is 0 Å². The number of urea groups is 1. The molecule has 1 saturated heterocycles. The molecule has 29 heavy (non-hydrogen) atoms. The number of nitrogens with one attached hydrogen (secondary N) is 1. The van der Waals surface area contributed by atoms with Crippen molar-refractivity contribution < 1.29 is 23.8 Å². The van der Waals surface area contributed by atoms with Crippen molar-refractivity contribution in [1.82, 2.24) is 10.2 Å². The summed E-state index contributed by atoms with van der Waals surface area (Å²) in [4.78, 5) is 25.6. The summed E-state index contributed by atoms with van der Waals surface area (Å²) in [5.74, 6) is 0.429. The second kappa shape index (κ2) is 11.0. The summed E-state index contributed by atoms with van der Waals surface area (Å²) >= 11 is 0. The van der Waals surface area contributed by atoms with Crippen LogP contribution >= 0.6 is 0 Å². The van der Waals surface area contributed by atoms with Gasteiger partial charge in [-0.15, -0.1) is 0 Å². The summed E-state index contributed by atoms with van der Waals surface area (Å²) < 4.78 is 17.0. The zero-order valence-corrected chi connectivity index (χ0v) is 18.0. The zero-order valence-electron chi connectivity index (χ0n) is 18.0. The van der Waals surface area contributed by atoms with Crippen LogP contribution in [-0.2, 0) is 20.7 Å². The summed E-state index contributed by atoms with van der Waals surface area (Å²) in [7, 11) is 1.80. The maximum Gasteiger partial charge on any atom is 0.338 e. The Morgan fingerprint density at radius 2 is 1.97 bits per heavy atom. The van der Waals surface area contributed by atoms with Crippen molar-refractivity contribution in [2.45, 2.75) is 58.1 Å². The van der Waals surface area contributed by atoms with Crippen molar-refractivity contribution in [2.75, 3.05) is 33.4 Å². The van der Waals surface area contributed by atoms with Crippen LogP contribution in [-0.4, -0.2) is 62.0 Å². The number of likely N-dealkylation sites (N-methyl/N-ethyl adjacent to an activating group) is 1. The Labute approximate surface area is 173 Å². The molecule has 7 nitrogen and oxygen atoms in total. The summed E-state index contributed by atoms with van der Waals surface area (Å²) in [5.41, 5.74) is -0.0186. The Kier molecular flexibility index (Phi) is 8.76. The predicted molar refractivity (Wildman–Crippen MR) is 111 cm³/mol. The van der Waals surface area contributed by atoms with Crippen LogP contribution in [0.5, 0.6) is 5.75 Å². The molecular formula is C22H34N2O5. The highest BCUT2D eigenvalue weighted by Crippen LogP contribution is 2.23. The predicted octanol–water partition coefficient (Wildman–Crippen LogP) is 3.16. The van der Waals surface area contributed by atoms with Gasteiger partial charge >= 0.3 is 12.0 Å². The number of esters is 1. The molecular weight excluding hydrogens is 372 g/mol. The van der Waals surface area contributed by atoms with Gasteiger partial charge in [0, 0.05) is 33.0 Å². The van der Waals surface area contributed by atoms with Crippen molar-refractivity contribution in [3.63, 3.8) is 0 Å². The number of rotatable bonds is 12. The number of unbranched alkanes of at least 4 members (excludes halogenated alkanes) is 1. The lowest BCUT2D eigenvalue weighted by Crippen LogP contribution is -2.42. The average Bonchev–Trinajstić information content (AvgIpc) is 3.02. The van der Waals surface area contributed by atoms with Gasteiger partial charge in [0.2, 0.25) is 0 Å². The lowest BCUT2D eigenvalue weighted by Gasteiger charge is -2.28. The van der Waals surface area contributed by atoms with Gasteiger partial charge in [-0.3, -0.25) is 0 Å². The van der Waals surface area contributed by atoms with E-state index in [1.54, 1.807) is 25.8 Å². The molecule has 1 fully saturated rings. The van der Waals surface area contributed by atoms with E-state index < -0.39 is 5.60 Å². The van der Waals surface area contributed by atoms with Crippen molar-refractivity contribution >= 4 is 12.0 Å². The maximum absolute atomic E-state index is 12.4. The number of carbonyl (C=O) groups excluding carboxylic acids is 2. The molecule has 7 heteroatoms. The number of ether oxygens (including phenoxy) is 3. The molecule has 1 aromatic carbocycles. The SMILES string of the molecule is CCCCO[C@@](C)(Cc1ccc(OCC[C@@H]2CNC(=O)N2C)cc1)C(=O)OCC. The van der Waals surface area contributed by atoms with Crippen LogP contribution in [0.4, 0.5) is 4.79 Å². The lowest BCUT2D eigenvalue weighted by atomic mass is 9.96. The van der Waals surface area contributed by atoms with Gasteiger partial charge in [-0.05, 0) is 38.0 Å². The van der Waals surface area contributed by atoms with Crippen LogP contribution in [0.2, 0.25) is 0 Å². The highest BCUT2D eigenvalue weighted by atomic mass is 16.6. The van der Waals surface area contributed by atoms with E-state index in [0.29, 0.717) is 32.8 Å². The highest BCUT2D eigenvalue weighted by molar-refractivity contribution is 5.79. The van der Waals surface area contributed by atoms with E-state index in [1.807, 2.05) is 24.3 Å². The van der Waals surface area contributed by atoms with Gasteiger partial charge in [-0.2, -0.15) is 0 Å². The van der Waals surface area contributed by atoms with E-state index in [1.165, 1.54) is 0 Å². The summed E-state index contributed by atoms with van der Waals surface area (Å²) in [5, 5.41) is 2.82. The Bertz CT molecular complexity index is 664. The number of hydrogen-bond donors (Lipinski definition) is 1. The fourth-order valence-corrected chi connectivity index (χ4v) is 3.24. The first-order valence-corrected chi connectivity index (χ1v) is 10.4. The Balaban J connectivity index is 1.89. The van der Waals surface area contributed by atoms with E-state index in [-0.39, 0.29) is 18.0 Å². The average molecular weight is 407 g/mol. The number of hydrogen-bond acceptors (Lipinski definition) is 5. The van der Waals surface area contributed by atoms with Crippen molar-refractivity contribution in [1.29, 1.82) is 0 Å². The number of amides is 2. The molecule has 2 atom stereocenters. The van der Waals surface area contributed by atoms with Crippen LogP contribution < -0.4 is 10.1 Å². The van der Waals surface area contributed by atoms with Crippen molar-refractivity contribution in [3.8, 4) is 5.75 Å². The van der Waals surface area contributed by atoms with Crippen LogP contribution in [0.15, 0.2) is 24.3 Å². The second-order valence-electron chi connectivity index (χ2n) is 7.56. The maximum atomic E-state index is 12.4. The second-order valence-corrected chi connectivity index (χ2v) is 7.56. The molecule has 0 radical (unpaired) electrons. The fraction of sp³-hybridized carbons (Fsp3) is 0.636. The quantitative estimate of drug-likeness (QED) is 0.426. The first-order valence-electron chi connectivity index (χ1n) is 10.4. The molecule has 0 unspecified atom stereocenters.